The molecule has 1 aromatic carbocycles. The second-order valence-corrected chi connectivity index (χ2v) is 6.32. The Hall–Kier alpha value is -2.65. The smallest absolute Gasteiger partial charge is 0.335 e. The van der Waals surface area contributed by atoms with Crippen molar-refractivity contribution in [3.63, 3.8) is 0 Å². The molecule has 25 heavy (non-hydrogen) atoms. The van der Waals surface area contributed by atoms with Gasteiger partial charge in [-0.15, -0.1) is 5.10 Å². The van der Waals surface area contributed by atoms with E-state index in [1.54, 1.807) is 40.7 Å². The Morgan fingerprint density at radius 2 is 2.08 bits per heavy atom. The number of hydrogen-bond donors (Lipinski definition) is 2. The normalized spacial score (nSPS) is 10.9. The van der Waals surface area contributed by atoms with Crippen molar-refractivity contribution in [1.29, 1.82) is 0 Å². The maximum absolute atomic E-state index is 10.9. The lowest BCUT2D eigenvalue weighted by molar-refractivity contribution is 0.0697. The summed E-state index contributed by atoms with van der Waals surface area (Å²) in [6.45, 7) is 1.41. The zero-order valence-electron chi connectivity index (χ0n) is 13.5. The van der Waals surface area contributed by atoms with Crippen LogP contribution < -0.4 is 5.32 Å². The van der Waals surface area contributed by atoms with Gasteiger partial charge in [0.05, 0.1) is 12.1 Å². The van der Waals surface area contributed by atoms with Crippen LogP contribution in [0.1, 0.15) is 16.1 Å². The van der Waals surface area contributed by atoms with Gasteiger partial charge < -0.3 is 14.8 Å². The molecule has 0 aliphatic rings. The van der Waals surface area contributed by atoms with Crippen molar-refractivity contribution >= 4 is 17.7 Å². The van der Waals surface area contributed by atoms with E-state index < -0.39 is 5.97 Å². The first-order valence-corrected chi connectivity index (χ1v) is 8.60. The number of rotatable bonds is 8. The van der Waals surface area contributed by atoms with Crippen LogP contribution in [0.4, 0.5) is 0 Å². The molecular formula is C16H17N5O3S. The minimum atomic E-state index is -0.939. The van der Waals surface area contributed by atoms with Crippen LogP contribution in [0.2, 0.25) is 0 Å². The molecule has 0 bridgehead atoms. The number of nitrogens with one attached hydrogen (secondary N) is 1. The standard InChI is InChI=1S/C16H17N5O3S/c1-21-16(18-19-20-21)25-9-8-17-10-13-6-7-14(24-13)11-2-4-12(5-3-11)15(22)23/h2-7,17H,8-10H2,1H3,(H,22,23). The Bertz CT molecular complexity index is 844. The van der Waals surface area contributed by atoms with Crippen molar-refractivity contribution in [2.24, 2.45) is 7.05 Å². The van der Waals surface area contributed by atoms with Crippen molar-refractivity contribution in [3.05, 3.63) is 47.7 Å². The first kappa shape index (κ1) is 17.2. The van der Waals surface area contributed by atoms with Crippen LogP contribution in [0.5, 0.6) is 0 Å². The van der Waals surface area contributed by atoms with Gasteiger partial charge in [-0.05, 0) is 34.7 Å². The molecule has 0 amide bonds. The quantitative estimate of drug-likeness (QED) is 0.465. The number of carboxylic acid groups (broad SMARTS) is 1. The van der Waals surface area contributed by atoms with Crippen molar-refractivity contribution in [3.8, 4) is 11.3 Å². The number of carboxylic acids is 1. The van der Waals surface area contributed by atoms with Crippen molar-refractivity contribution in [1.82, 2.24) is 25.5 Å². The number of carbonyl (C=O) groups is 1. The summed E-state index contributed by atoms with van der Waals surface area (Å²) in [6.07, 6.45) is 0. The van der Waals surface area contributed by atoms with E-state index in [-0.39, 0.29) is 5.56 Å². The summed E-state index contributed by atoms with van der Waals surface area (Å²) in [5.41, 5.74) is 1.11. The fraction of sp³-hybridized carbons (Fsp3) is 0.250. The van der Waals surface area contributed by atoms with E-state index in [0.717, 1.165) is 28.8 Å². The highest BCUT2D eigenvalue weighted by Gasteiger charge is 2.07. The molecule has 0 fully saturated rings. The van der Waals surface area contributed by atoms with E-state index in [1.165, 1.54) is 0 Å². The molecule has 0 aliphatic heterocycles. The third-order valence-electron chi connectivity index (χ3n) is 3.47. The van der Waals surface area contributed by atoms with Crippen LogP contribution in [0.15, 0.2) is 46.0 Å². The number of hydrogen-bond acceptors (Lipinski definition) is 7. The fourth-order valence-corrected chi connectivity index (χ4v) is 2.92. The van der Waals surface area contributed by atoms with Crippen LogP contribution in [-0.2, 0) is 13.6 Å². The lowest BCUT2D eigenvalue weighted by Crippen LogP contribution is -2.16. The minimum Gasteiger partial charge on any atom is -0.478 e. The molecule has 2 heterocycles. The second kappa shape index (κ2) is 7.95. The highest BCUT2D eigenvalue weighted by atomic mass is 32.2. The number of thioether (sulfide) groups is 1. The summed E-state index contributed by atoms with van der Waals surface area (Å²) in [7, 11) is 1.81. The van der Waals surface area contributed by atoms with Crippen LogP contribution >= 0.6 is 11.8 Å². The minimum absolute atomic E-state index is 0.257. The van der Waals surface area contributed by atoms with Crippen LogP contribution in [0.3, 0.4) is 0 Å². The Labute approximate surface area is 148 Å². The molecule has 3 rings (SSSR count). The van der Waals surface area contributed by atoms with E-state index in [2.05, 4.69) is 20.8 Å². The summed E-state index contributed by atoms with van der Waals surface area (Å²) >= 11 is 1.58. The lowest BCUT2D eigenvalue weighted by Gasteiger charge is -2.02. The van der Waals surface area contributed by atoms with E-state index in [9.17, 15) is 4.79 Å². The largest absolute Gasteiger partial charge is 0.478 e. The molecule has 9 heteroatoms. The molecule has 0 saturated carbocycles. The van der Waals surface area contributed by atoms with Gasteiger partial charge in [-0.2, -0.15) is 0 Å². The lowest BCUT2D eigenvalue weighted by atomic mass is 10.1. The molecule has 2 N–H and O–H groups in total. The molecule has 0 atom stereocenters. The first-order chi connectivity index (χ1) is 12.1. The third kappa shape index (κ3) is 4.46. The number of nitrogens with zero attached hydrogens (tertiary/aromatic N) is 4. The number of aromatic nitrogens is 4. The molecule has 8 nitrogen and oxygen atoms in total. The number of benzene rings is 1. The molecule has 130 valence electrons. The second-order valence-electron chi connectivity index (χ2n) is 5.26. The van der Waals surface area contributed by atoms with Crippen LogP contribution in [0, 0.1) is 0 Å². The van der Waals surface area contributed by atoms with Gasteiger partial charge in [0.2, 0.25) is 5.16 Å². The van der Waals surface area contributed by atoms with Gasteiger partial charge >= 0.3 is 5.97 Å². The SMILES string of the molecule is Cn1nnnc1SCCNCc1ccc(-c2ccc(C(=O)O)cc2)o1. The Morgan fingerprint density at radius 1 is 1.28 bits per heavy atom. The highest BCUT2D eigenvalue weighted by Crippen LogP contribution is 2.22. The summed E-state index contributed by atoms with van der Waals surface area (Å²) in [6, 6.07) is 10.4. The highest BCUT2D eigenvalue weighted by molar-refractivity contribution is 7.99. The summed E-state index contributed by atoms with van der Waals surface area (Å²) < 4.78 is 7.43. The van der Waals surface area contributed by atoms with E-state index in [1.807, 2.05) is 19.2 Å². The number of furan rings is 1. The molecule has 2 aromatic heterocycles. The Balaban J connectivity index is 1.47. The van der Waals surface area contributed by atoms with Gasteiger partial charge in [0.15, 0.2) is 0 Å². The number of aryl methyl sites for hydroxylation is 1. The van der Waals surface area contributed by atoms with E-state index >= 15 is 0 Å². The molecule has 0 saturated heterocycles. The maximum Gasteiger partial charge on any atom is 0.335 e. The van der Waals surface area contributed by atoms with Crippen LogP contribution in [-0.4, -0.2) is 43.6 Å². The number of tetrazole rings is 1. The topological polar surface area (TPSA) is 106 Å². The summed E-state index contributed by atoms with van der Waals surface area (Å²) in [4.78, 5) is 10.9. The molecular weight excluding hydrogens is 342 g/mol. The third-order valence-corrected chi connectivity index (χ3v) is 4.48. The molecule has 3 aromatic rings. The van der Waals surface area contributed by atoms with Crippen molar-refractivity contribution < 1.29 is 14.3 Å². The summed E-state index contributed by atoms with van der Waals surface area (Å²) in [5, 5.41) is 24.3. The predicted octanol–water partition coefficient (Wildman–Crippen LogP) is 2.05. The molecule has 0 unspecified atom stereocenters. The van der Waals surface area contributed by atoms with Crippen molar-refractivity contribution in [2.45, 2.75) is 11.7 Å². The van der Waals surface area contributed by atoms with Crippen LogP contribution in [0.25, 0.3) is 11.3 Å². The molecule has 0 radical (unpaired) electrons. The van der Waals surface area contributed by atoms with Gasteiger partial charge in [-0.25, -0.2) is 9.48 Å². The average molecular weight is 359 g/mol. The zero-order valence-corrected chi connectivity index (χ0v) is 14.4. The Kier molecular flexibility index (Phi) is 5.46. The maximum atomic E-state index is 10.9. The fourth-order valence-electron chi connectivity index (χ4n) is 2.17. The van der Waals surface area contributed by atoms with Gasteiger partial charge in [-0.3, -0.25) is 0 Å². The zero-order chi connectivity index (χ0) is 17.6. The van der Waals surface area contributed by atoms with Gasteiger partial charge in [0.1, 0.15) is 11.5 Å². The number of aromatic carboxylic acids is 1. The Morgan fingerprint density at radius 3 is 2.76 bits per heavy atom. The first-order valence-electron chi connectivity index (χ1n) is 7.62. The predicted molar refractivity (Wildman–Crippen MR) is 92.3 cm³/mol. The monoisotopic (exact) mass is 359 g/mol. The van der Waals surface area contributed by atoms with Crippen molar-refractivity contribution in [2.75, 3.05) is 12.3 Å². The molecule has 0 spiro atoms. The van der Waals surface area contributed by atoms with Gasteiger partial charge in [0.25, 0.3) is 0 Å². The van der Waals surface area contributed by atoms with Gasteiger partial charge in [0, 0.05) is 24.9 Å². The summed E-state index contributed by atoms with van der Waals surface area (Å²) in [5.74, 6) is 1.44. The van der Waals surface area contributed by atoms with E-state index in [0.29, 0.717) is 12.3 Å². The van der Waals surface area contributed by atoms with E-state index in [4.69, 9.17) is 9.52 Å². The van der Waals surface area contributed by atoms with Gasteiger partial charge in [-0.1, -0.05) is 23.9 Å². The average Bonchev–Trinajstić information content (AvgIpc) is 3.24. The molecule has 0 aliphatic carbocycles.